The third kappa shape index (κ3) is 4.76. The summed E-state index contributed by atoms with van der Waals surface area (Å²) in [6.45, 7) is 4.07. The van der Waals surface area contributed by atoms with Crippen LogP contribution in [0, 0.1) is 13.8 Å². The summed E-state index contributed by atoms with van der Waals surface area (Å²) in [7, 11) is 0. The number of hydrogen-bond acceptors (Lipinski definition) is 3. The smallest absolute Gasteiger partial charge is 0.191 e. The molecule has 3 N–H and O–H groups in total. The lowest BCUT2D eigenvalue weighted by Gasteiger charge is -2.11. The molecular formula is C16H15Br2N3OS. The second-order valence-electron chi connectivity index (χ2n) is 4.90. The highest BCUT2D eigenvalue weighted by Gasteiger charge is 2.06. The number of anilines is 1. The van der Waals surface area contributed by atoms with Crippen molar-refractivity contribution >= 4 is 61.1 Å². The Labute approximate surface area is 157 Å². The molecule has 0 atom stereocenters. The van der Waals surface area contributed by atoms with Gasteiger partial charge in [-0.2, -0.15) is 5.10 Å². The molecule has 0 aliphatic carbocycles. The summed E-state index contributed by atoms with van der Waals surface area (Å²) in [4.78, 5) is 0. The van der Waals surface area contributed by atoms with Gasteiger partial charge in [0.25, 0.3) is 0 Å². The molecule has 0 aromatic heterocycles. The number of nitrogens with one attached hydrogen (secondary N) is 2. The van der Waals surface area contributed by atoms with Crippen LogP contribution in [-0.2, 0) is 0 Å². The van der Waals surface area contributed by atoms with E-state index in [1.165, 1.54) is 11.8 Å². The quantitative estimate of drug-likeness (QED) is 0.351. The first-order chi connectivity index (χ1) is 10.9. The minimum atomic E-state index is 0.118. The summed E-state index contributed by atoms with van der Waals surface area (Å²) in [6.07, 6.45) is 1.50. The number of benzene rings is 2. The number of hydrazone groups is 1. The maximum atomic E-state index is 9.95. The van der Waals surface area contributed by atoms with Gasteiger partial charge in [0, 0.05) is 15.7 Å². The normalized spacial score (nSPS) is 10.8. The molecule has 0 unspecified atom stereocenters. The van der Waals surface area contributed by atoms with Crippen molar-refractivity contribution in [2.45, 2.75) is 13.8 Å². The number of aromatic hydroxyl groups is 1. The first-order valence-electron chi connectivity index (χ1n) is 6.72. The third-order valence-corrected chi connectivity index (χ3v) is 4.54. The monoisotopic (exact) mass is 455 g/mol. The van der Waals surface area contributed by atoms with E-state index in [0.29, 0.717) is 15.1 Å². The van der Waals surface area contributed by atoms with Gasteiger partial charge in [0.15, 0.2) is 5.11 Å². The Bertz CT molecular complexity index is 778. The second-order valence-corrected chi connectivity index (χ2v) is 7.08. The van der Waals surface area contributed by atoms with Gasteiger partial charge in [0.1, 0.15) is 5.75 Å². The molecule has 0 aliphatic heterocycles. The first kappa shape index (κ1) is 17.9. The molecule has 23 heavy (non-hydrogen) atoms. The average Bonchev–Trinajstić information content (AvgIpc) is 2.49. The van der Waals surface area contributed by atoms with Gasteiger partial charge in [-0.25, -0.2) is 0 Å². The highest BCUT2D eigenvalue weighted by atomic mass is 79.9. The zero-order valence-corrected chi connectivity index (χ0v) is 16.5. The van der Waals surface area contributed by atoms with E-state index in [-0.39, 0.29) is 5.75 Å². The van der Waals surface area contributed by atoms with Crippen LogP contribution in [0.1, 0.15) is 16.7 Å². The highest BCUT2D eigenvalue weighted by molar-refractivity contribution is 9.11. The molecule has 0 radical (unpaired) electrons. The van der Waals surface area contributed by atoms with Gasteiger partial charge in [0.2, 0.25) is 0 Å². The number of hydrogen-bond donors (Lipinski definition) is 3. The lowest BCUT2D eigenvalue weighted by Crippen LogP contribution is -2.24. The molecule has 0 amide bonds. The van der Waals surface area contributed by atoms with Crippen molar-refractivity contribution < 1.29 is 5.11 Å². The fourth-order valence-corrected chi connectivity index (χ4v) is 3.30. The first-order valence-corrected chi connectivity index (χ1v) is 8.72. The van der Waals surface area contributed by atoms with Crippen LogP contribution in [0.5, 0.6) is 5.75 Å². The number of phenolic OH excluding ortho intramolecular Hbond substituents is 1. The van der Waals surface area contributed by atoms with Crippen LogP contribution < -0.4 is 10.7 Å². The Hall–Kier alpha value is -1.44. The molecule has 120 valence electrons. The summed E-state index contributed by atoms with van der Waals surface area (Å²) in [5.74, 6) is 0.118. The lowest BCUT2D eigenvalue weighted by molar-refractivity contribution is 0.471. The molecule has 0 saturated heterocycles. The highest BCUT2D eigenvalue weighted by Crippen LogP contribution is 2.30. The van der Waals surface area contributed by atoms with Crippen molar-refractivity contribution in [3.63, 3.8) is 0 Å². The summed E-state index contributed by atoms with van der Waals surface area (Å²) in [5.41, 5.74) is 6.56. The van der Waals surface area contributed by atoms with Crippen molar-refractivity contribution in [1.29, 1.82) is 0 Å². The van der Waals surface area contributed by atoms with Crippen molar-refractivity contribution in [3.8, 4) is 5.75 Å². The van der Waals surface area contributed by atoms with Crippen LogP contribution >= 0.6 is 44.1 Å². The summed E-state index contributed by atoms with van der Waals surface area (Å²) >= 11 is 11.9. The Kier molecular flexibility index (Phi) is 6.15. The van der Waals surface area contributed by atoms with Crippen LogP contribution in [0.25, 0.3) is 0 Å². The van der Waals surface area contributed by atoms with E-state index in [4.69, 9.17) is 12.2 Å². The van der Waals surface area contributed by atoms with Crippen LogP contribution in [0.2, 0.25) is 0 Å². The van der Waals surface area contributed by atoms with Crippen molar-refractivity contribution in [2.24, 2.45) is 5.10 Å². The Morgan fingerprint density at radius 2 is 2.00 bits per heavy atom. The number of aryl methyl sites for hydroxylation is 1. The molecule has 2 rings (SSSR count). The summed E-state index contributed by atoms with van der Waals surface area (Å²) in [6, 6.07) is 9.48. The number of nitrogens with zero attached hydrogens (tertiary/aromatic N) is 1. The lowest BCUT2D eigenvalue weighted by atomic mass is 10.1. The third-order valence-electron chi connectivity index (χ3n) is 3.28. The maximum Gasteiger partial charge on any atom is 0.191 e. The Morgan fingerprint density at radius 1 is 1.26 bits per heavy atom. The number of rotatable bonds is 3. The van der Waals surface area contributed by atoms with Gasteiger partial charge in [-0.05, 0) is 71.3 Å². The van der Waals surface area contributed by atoms with Crippen LogP contribution in [0.4, 0.5) is 5.69 Å². The molecule has 0 saturated carbocycles. The van der Waals surface area contributed by atoms with Crippen LogP contribution in [-0.4, -0.2) is 16.4 Å². The summed E-state index contributed by atoms with van der Waals surface area (Å²) < 4.78 is 1.42. The van der Waals surface area contributed by atoms with E-state index in [1.807, 2.05) is 32.0 Å². The van der Waals surface area contributed by atoms with E-state index in [2.05, 4.69) is 47.7 Å². The number of thiocarbonyl (C=S) groups is 1. The van der Waals surface area contributed by atoms with Crippen molar-refractivity contribution in [1.82, 2.24) is 5.43 Å². The Balaban J connectivity index is 2.03. The molecule has 0 spiro atoms. The molecule has 2 aromatic carbocycles. The fraction of sp³-hybridized carbons (Fsp3) is 0.125. The minimum Gasteiger partial charge on any atom is -0.506 e. The molecule has 0 bridgehead atoms. The maximum absolute atomic E-state index is 9.95. The topological polar surface area (TPSA) is 56.7 Å². The van der Waals surface area contributed by atoms with Gasteiger partial charge in [-0.15, -0.1) is 0 Å². The van der Waals surface area contributed by atoms with Crippen molar-refractivity contribution in [2.75, 3.05) is 5.32 Å². The van der Waals surface area contributed by atoms with E-state index < -0.39 is 0 Å². The molecule has 7 heteroatoms. The molecule has 0 aliphatic rings. The zero-order valence-electron chi connectivity index (χ0n) is 12.5. The van der Waals surface area contributed by atoms with E-state index >= 15 is 0 Å². The van der Waals surface area contributed by atoms with Gasteiger partial charge in [-0.3, -0.25) is 5.43 Å². The largest absolute Gasteiger partial charge is 0.506 e. The van der Waals surface area contributed by atoms with Crippen molar-refractivity contribution in [3.05, 3.63) is 56.0 Å². The molecule has 4 nitrogen and oxygen atoms in total. The van der Waals surface area contributed by atoms with E-state index in [9.17, 15) is 5.11 Å². The molecule has 0 fully saturated rings. The molecule has 0 heterocycles. The van der Waals surface area contributed by atoms with Gasteiger partial charge >= 0.3 is 0 Å². The standard InChI is InChI=1S/C16H15Br2N3OS/c1-9-4-3-5-14(10(9)2)20-16(23)21-19-8-11-6-12(17)7-13(18)15(11)22/h3-8,22H,1-2H3,(H2,20,21,23). The zero-order chi connectivity index (χ0) is 17.0. The van der Waals surface area contributed by atoms with E-state index in [0.717, 1.165) is 15.7 Å². The predicted molar refractivity (Wildman–Crippen MR) is 106 cm³/mol. The average molecular weight is 457 g/mol. The summed E-state index contributed by atoms with van der Waals surface area (Å²) in [5, 5.41) is 17.5. The number of halogens is 2. The fourth-order valence-electron chi connectivity index (χ4n) is 1.88. The number of phenols is 1. The van der Waals surface area contributed by atoms with Gasteiger partial charge in [0.05, 0.1) is 10.7 Å². The van der Waals surface area contributed by atoms with Crippen LogP contribution in [0.3, 0.4) is 0 Å². The molecular weight excluding hydrogens is 442 g/mol. The molecule has 2 aromatic rings. The predicted octanol–water partition coefficient (Wildman–Crippen LogP) is 4.85. The van der Waals surface area contributed by atoms with Crippen LogP contribution in [0.15, 0.2) is 44.4 Å². The Morgan fingerprint density at radius 3 is 2.74 bits per heavy atom. The second kappa shape index (κ2) is 7.90. The van der Waals surface area contributed by atoms with Gasteiger partial charge < -0.3 is 10.4 Å². The van der Waals surface area contributed by atoms with Gasteiger partial charge in [-0.1, -0.05) is 28.1 Å². The minimum absolute atomic E-state index is 0.118. The SMILES string of the molecule is Cc1cccc(NC(=S)NN=Cc2cc(Br)cc(Br)c2O)c1C. The van der Waals surface area contributed by atoms with E-state index in [1.54, 1.807) is 12.1 Å².